The number of rotatable bonds is 6. The predicted octanol–water partition coefficient (Wildman–Crippen LogP) is 1.80. The summed E-state index contributed by atoms with van der Waals surface area (Å²) in [4.78, 5) is 13.5. The molecule has 1 unspecified atom stereocenters. The van der Waals surface area contributed by atoms with Crippen molar-refractivity contribution in [2.45, 2.75) is 51.0 Å². The average Bonchev–Trinajstić information content (AvgIpc) is 2.97. The standard InChI is InChI=1S/C13H23NO2/c1-14(9-12(15)11-6-7-11)13(16)8-5-10-3-2-4-10/h10-12,15H,2-9H2,1H3. The Balaban J connectivity index is 1.62. The summed E-state index contributed by atoms with van der Waals surface area (Å²) in [5, 5.41) is 9.75. The van der Waals surface area contributed by atoms with Gasteiger partial charge in [0, 0.05) is 20.0 Å². The molecule has 0 aromatic rings. The number of hydrogen-bond acceptors (Lipinski definition) is 2. The van der Waals surface area contributed by atoms with E-state index in [0.717, 1.165) is 25.2 Å². The second-order valence-corrected chi connectivity index (χ2v) is 5.51. The lowest BCUT2D eigenvalue weighted by Crippen LogP contribution is -2.35. The van der Waals surface area contributed by atoms with Gasteiger partial charge in [0.2, 0.25) is 5.91 Å². The molecular formula is C13H23NO2. The van der Waals surface area contributed by atoms with Gasteiger partial charge in [-0.05, 0) is 31.1 Å². The number of carbonyl (C=O) groups is 1. The van der Waals surface area contributed by atoms with Gasteiger partial charge in [0.1, 0.15) is 0 Å². The summed E-state index contributed by atoms with van der Waals surface area (Å²) >= 11 is 0. The monoisotopic (exact) mass is 225 g/mol. The van der Waals surface area contributed by atoms with Gasteiger partial charge in [-0.2, -0.15) is 0 Å². The maximum atomic E-state index is 11.8. The molecule has 2 aliphatic rings. The Hall–Kier alpha value is -0.570. The maximum absolute atomic E-state index is 11.8. The van der Waals surface area contributed by atoms with E-state index in [9.17, 15) is 9.90 Å². The predicted molar refractivity (Wildman–Crippen MR) is 62.9 cm³/mol. The number of amides is 1. The number of nitrogens with zero attached hydrogens (tertiary/aromatic N) is 1. The van der Waals surface area contributed by atoms with E-state index in [1.807, 2.05) is 7.05 Å². The number of likely N-dealkylation sites (N-methyl/N-ethyl adjacent to an activating group) is 1. The number of aliphatic hydroxyl groups is 1. The van der Waals surface area contributed by atoms with Gasteiger partial charge in [-0.25, -0.2) is 0 Å². The van der Waals surface area contributed by atoms with Gasteiger partial charge in [0.05, 0.1) is 6.10 Å². The number of carbonyl (C=O) groups excluding carboxylic acids is 1. The minimum Gasteiger partial charge on any atom is -0.391 e. The molecule has 3 heteroatoms. The summed E-state index contributed by atoms with van der Waals surface area (Å²) in [5.74, 6) is 1.46. The van der Waals surface area contributed by atoms with E-state index >= 15 is 0 Å². The molecule has 92 valence electrons. The largest absolute Gasteiger partial charge is 0.391 e. The Morgan fingerprint density at radius 1 is 1.38 bits per heavy atom. The first kappa shape index (κ1) is 11.9. The van der Waals surface area contributed by atoms with Gasteiger partial charge < -0.3 is 10.0 Å². The first-order valence-electron chi connectivity index (χ1n) is 6.59. The van der Waals surface area contributed by atoms with E-state index in [0.29, 0.717) is 18.9 Å². The Morgan fingerprint density at radius 3 is 2.56 bits per heavy atom. The van der Waals surface area contributed by atoms with Gasteiger partial charge in [0.25, 0.3) is 0 Å². The Kier molecular flexibility index (Phi) is 3.85. The molecule has 1 amide bonds. The third-order valence-corrected chi connectivity index (χ3v) is 4.04. The summed E-state index contributed by atoms with van der Waals surface area (Å²) in [6, 6.07) is 0. The highest BCUT2D eigenvalue weighted by molar-refractivity contribution is 5.75. The van der Waals surface area contributed by atoms with Gasteiger partial charge in [-0.3, -0.25) is 4.79 Å². The van der Waals surface area contributed by atoms with Crippen molar-refractivity contribution in [3.05, 3.63) is 0 Å². The fourth-order valence-corrected chi connectivity index (χ4v) is 2.31. The molecule has 0 heterocycles. The molecular weight excluding hydrogens is 202 g/mol. The molecule has 0 saturated heterocycles. The van der Waals surface area contributed by atoms with Crippen LogP contribution in [-0.2, 0) is 4.79 Å². The second kappa shape index (κ2) is 5.17. The molecule has 2 saturated carbocycles. The molecule has 0 radical (unpaired) electrons. The van der Waals surface area contributed by atoms with Gasteiger partial charge in [0.15, 0.2) is 0 Å². The van der Waals surface area contributed by atoms with Crippen LogP contribution >= 0.6 is 0 Å². The Morgan fingerprint density at radius 2 is 2.06 bits per heavy atom. The third-order valence-electron chi connectivity index (χ3n) is 4.04. The van der Waals surface area contributed by atoms with E-state index in [1.165, 1.54) is 19.3 Å². The van der Waals surface area contributed by atoms with Crippen LogP contribution in [0.15, 0.2) is 0 Å². The zero-order valence-corrected chi connectivity index (χ0v) is 10.2. The lowest BCUT2D eigenvalue weighted by molar-refractivity contribution is -0.131. The molecule has 0 aromatic heterocycles. The summed E-state index contributed by atoms with van der Waals surface area (Å²) in [7, 11) is 1.81. The van der Waals surface area contributed by atoms with Crippen molar-refractivity contribution < 1.29 is 9.90 Å². The average molecular weight is 225 g/mol. The molecule has 0 spiro atoms. The van der Waals surface area contributed by atoms with Crippen molar-refractivity contribution in [3.8, 4) is 0 Å². The summed E-state index contributed by atoms with van der Waals surface area (Å²) in [6.07, 6.45) is 7.63. The summed E-state index contributed by atoms with van der Waals surface area (Å²) in [6.45, 7) is 0.522. The third kappa shape index (κ3) is 3.21. The van der Waals surface area contributed by atoms with Crippen LogP contribution in [0.3, 0.4) is 0 Å². The van der Waals surface area contributed by atoms with E-state index < -0.39 is 0 Å². The fraction of sp³-hybridized carbons (Fsp3) is 0.923. The van der Waals surface area contributed by atoms with Crippen molar-refractivity contribution in [1.82, 2.24) is 4.90 Å². The quantitative estimate of drug-likeness (QED) is 0.748. The van der Waals surface area contributed by atoms with Crippen LogP contribution in [0.5, 0.6) is 0 Å². The van der Waals surface area contributed by atoms with E-state index in [-0.39, 0.29) is 12.0 Å². The van der Waals surface area contributed by atoms with E-state index in [4.69, 9.17) is 0 Å². The van der Waals surface area contributed by atoms with Crippen LogP contribution < -0.4 is 0 Å². The maximum Gasteiger partial charge on any atom is 0.222 e. The smallest absolute Gasteiger partial charge is 0.222 e. The van der Waals surface area contributed by atoms with Gasteiger partial charge >= 0.3 is 0 Å². The van der Waals surface area contributed by atoms with Crippen molar-refractivity contribution in [2.75, 3.05) is 13.6 Å². The highest BCUT2D eigenvalue weighted by Gasteiger charge is 2.31. The van der Waals surface area contributed by atoms with E-state index in [1.54, 1.807) is 4.90 Å². The molecule has 2 rings (SSSR count). The van der Waals surface area contributed by atoms with Gasteiger partial charge in [-0.1, -0.05) is 19.3 Å². The fourth-order valence-electron chi connectivity index (χ4n) is 2.31. The SMILES string of the molecule is CN(CC(O)C1CC1)C(=O)CCC1CCC1. The minimum atomic E-state index is -0.294. The van der Waals surface area contributed by atoms with Gasteiger partial charge in [-0.15, -0.1) is 0 Å². The van der Waals surface area contributed by atoms with Crippen LogP contribution in [0, 0.1) is 11.8 Å². The number of aliphatic hydroxyl groups excluding tert-OH is 1. The zero-order valence-electron chi connectivity index (χ0n) is 10.2. The zero-order chi connectivity index (χ0) is 11.5. The molecule has 2 fully saturated rings. The second-order valence-electron chi connectivity index (χ2n) is 5.51. The van der Waals surface area contributed by atoms with Crippen LogP contribution in [0.1, 0.15) is 44.9 Å². The molecule has 1 atom stereocenters. The highest BCUT2D eigenvalue weighted by Crippen LogP contribution is 2.33. The van der Waals surface area contributed by atoms with E-state index in [2.05, 4.69) is 0 Å². The molecule has 3 nitrogen and oxygen atoms in total. The Bertz CT molecular complexity index is 246. The molecule has 16 heavy (non-hydrogen) atoms. The van der Waals surface area contributed by atoms with Crippen LogP contribution in [0.2, 0.25) is 0 Å². The highest BCUT2D eigenvalue weighted by atomic mass is 16.3. The van der Waals surface area contributed by atoms with Crippen LogP contribution in [0.25, 0.3) is 0 Å². The molecule has 0 aliphatic heterocycles. The first-order chi connectivity index (χ1) is 7.66. The molecule has 1 N–H and O–H groups in total. The minimum absolute atomic E-state index is 0.201. The first-order valence-corrected chi connectivity index (χ1v) is 6.59. The van der Waals surface area contributed by atoms with Crippen molar-refractivity contribution in [1.29, 1.82) is 0 Å². The lowest BCUT2D eigenvalue weighted by atomic mass is 9.82. The summed E-state index contributed by atoms with van der Waals surface area (Å²) < 4.78 is 0. The number of hydrogen-bond donors (Lipinski definition) is 1. The van der Waals surface area contributed by atoms with Crippen molar-refractivity contribution in [2.24, 2.45) is 11.8 Å². The topological polar surface area (TPSA) is 40.5 Å². The molecule has 0 aromatic carbocycles. The van der Waals surface area contributed by atoms with Crippen molar-refractivity contribution in [3.63, 3.8) is 0 Å². The van der Waals surface area contributed by atoms with Crippen molar-refractivity contribution >= 4 is 5.91 Å². The lowest BCUT2D eigenvalue weighted by Gasteiger charge is -2.26. The molecule has 0 bridgehead atoms. The normalized spacial score (nSPS) is 22.6. The Labute approximate surface area is 97.8 Å². The summed E-state index contributed by atoms with van der Waals surface area (Å²) in [5.41, 5.74) is 0. The molecule has 2 aliphatic carbocycles. The van der Waals surface area contributed by atoms with Crippen LogP contribution in [-0.4, -0.2) is 35.6 Å². The van der Waals surface area contributed by atoms with Crippen LogP contribution in [0.4, 0.5) is 0 Å².